The van der Waals surface area contributed by atoms with Gasteiger partial charge in [0.25, 0.3) is 5.91 Å². The molecule has 0 fully saturated rings. The first-order valence-corrected chi connectivity index (χ1v) is 6.49. The van der Waals surface area contributed by atoms with E-state index >= 15 is 0 Å². The van der Waals surface area contributed by atoms with Crippen molar-refractivity contribution in [2.24, 2.45) is 0 Å². The molecule has 19 heavy (non-hydrogen) atoms. The van der Waals surface area contributed by atoms with Crippen LogP contribution in [0.15, 0.2) is 48.8 Å². The summed E-state index contributed by atoms with van der Waals surface area (Å²) >= 11 is 0. The zero-order valence-corrected chi connectivity index (χ0v) is 11.7. The zero-order valence-electron chi connectivity index (χ0n) is 11.7. The minimum atomic E-state index is -0.0578. The lowest BCUT2D eigenvalue weighted by molar-refractivity contribution is 0.0951. The van der Waals surface area contributed by atoms with Crippen molar-refractivity contribution in [2.75, 3.05) is 0 Å². The number of carbonyl (C=O) groups excluding carboxylic acids is 1. The number of nitrogens with zero attached hydrogens (tertiary/aromatic N) is 1. The van der Waals surface area contributed by atoms with Crippen LogP contribution in [0.3, 0.4) is 0 Å². The summed E-state index contributed by atoms with van der Waals surface area (Å²) in [6, 6.07) is 11.3. The van der Waals surface area contributed by atoms with Crippen LogP contribution in [0.2, 0.25) is 0 Å². The smallest absolute Gasteiger partial charge is 0.251 e. The second kappa shape index (κ2) is 8.03. The number of carbonyl (C=O) groups is 1. The second-order valence-corrected chi connectivity index (χ2v) is 3.91. The predicted octanol–water partition coefficient (Wildman–Crippen LogP) is 3.35. The lowest BCUT2D eigenvalue weighted by Crippen LogP contribution is -2.22. The lowest BCUT2D eigenvalue weighted by Gasteiger charge is -2.05. The number of benzene rings is 1. The fourth-order valence-electron chi connectivity index (χ4n) is 1.57. The first-order chi connectivity index (χ1) is 9.25. The Morgan fingerprint density at radius 2 is 2.00 bits per heavy atom. The molecule has 0 saturated carbocycles. The molecule has 2 aromatic rings. The van der Waals surface area contributed by atoms with Crippen LogP contribution in [0.4, 0.5) is 0 Å². The average molecular weight is 256 g/mol. The Hall–Kier alpha value is -2.16. The molecule has 0 aliphatic carbocycles. The molecule has 2 rings (SSSR count). The second-order valence-electron chi connectivity index (χ2n) is 3.91. The van der Waals surface area contributed by atoms with Gasteiger partial charge in [0, 0.05) is 24.5 Å². The van der Waals surface area contributed by atoms with Crippen LogP contribution < -0.4 is 5.32 Å². The Morgan fingerprint density at radius 1 is 1.21 bits per heavy atom. The Balaban J connectivity index is 0.000000861. The van der Waals surface area contributed by atoms with E-state index in [2.05, 4.69) is 10.3 Å². The average Bonchev–Trinajstić information content (AvgIpc) is 2.48. The van der Waals surface area contributed by atoms with Gasteiger partial charge in [0.15, 0.2) is 0 Å². The fourth-order valence-corrected chi connectivity index (χ4v) is 1.57. The molecule has 3 heteroatoms. The number of aryl methyl sites for hydroxylation is 1. The maximum atomic E-state index is 11.8. The van der Waals surface area contributed by atoms with Crippen LogP contribution in [-0.2, 0) is 6.54 Å². The molecule has 0 aliphatic heterocycles. The number of rotatable bonds is 3. The van der Waals surface area contributed by atoms with Crippen molar-refractivity contribution < 1.29 is 4.79 Å². The van der Waals surface area contributed by atoms with Crippen molar-refractivity contribution in [3.05, 3.63) is 65.5 Å². The molecule has 1 N–H and O–H groups in total. The maximum absolute atomic E-state index is 11.8. The number of aromatic nitrogens is 1. The topological polar surface area (TPSA) is 42.0 Å². The van der Waals surface area contributed by atoms with E-state index in [-0.39, 0.29) is 5.91 Å². The maximum Gasteiger partial charge on any atom is 0.251 e. The van der Waals surface area contributed by atoms with Gasteiger partial charge in [-0.05, 0) is 30.7 Å². The quantitative estimate of drug-likeness (QED) is 0.915. The van der Waals surface area contributed by atoms with E-state index in [0.29, 0.717) is 12.1 Å². The number of hydrogen-bond donors (Lipinski definition) is 1. The van der Waals surface area contributed by atoms with Gasteiger partial charge in [-0.25, -0.2) is 0 Å². The number of amides is 1. The zero-order chi connectivity index (χ0) is 14.1. The molecule has 0 bridgehead atoms. The first-order valence-electron chi connectivity index (χ1n) is 6.49. The fraction of sp³-hybridized carbons (Fsp3) is 0.250. The van der Waals surface area contributed by atoms with Crippen molar-refractivity contribution in [3.8, 4) is 0 Å². The highest BCUT2D eigenvalue weighted by Crippen LogP contribution is 2.04. The summed E-state index contributed by atoms with van der Waals surface area (Å²) < 4.78 is 0. The molecule has 3 nitrogen and oxygen atoms in total. The van der Waals surface area contributed by atoms with Crippen molar-refractivity contribution in [1.29, 1.82) is 0 Å². The van der Waals surface area contributed by atoms with E-state index in [9.17, 15) is 4.79 Å². The third-order valence-corrected chi connectivity index (χ3v) is 2.46. The van der Waals surface area contributed by atoms with Crippen LogP contribution in [0.1, 0.15) is 35.3 Å². The molecule has 0 saturated heterocycles. The summed E-state index contributed by atoms with van der Waals surface area (Å²) in [6.07, 6.45) is 3.46. The summed E-state index contributed by atoms with van der Waals surface area (Å²) in [5.41, 5.74) is 2.77. The number of nitrogens with one attached hydrogen (secondary N) is 1. The van der Waals surface area contributed by atoms with Crippen molar-refractivity contribution in [1.82, 2.24) is 10.3 Å². The van der Waals surface area contributed by atoms with E-state index < -0.39 is 0 Å². The van der Waals surface area contributed by atoms with E-state index in [1.54, 1.807) is 12.4 Å². The Bertz CT molecular complexity index is 509. The Morgan fingerprint density at radius 3 is 2.63 bits per heavy atom. The van der Waals surface area contributed by atoms with Gasteiger partial charge < -0.3 is 5.32 Å². The van der Waals surface area contributed by atoms with Crippen LogP contribution in [0.25, 0.3) is 0 Å². The highest BCUT2D eigenvalue weighted by molar-refractivity contribution is 5.94. The summed E-state index contributed by atoms with van der Waals surface area (Å²) in [6.45, 7) is 6.47. The molecule has 0 spiro atoms. The van der Waals surface area contributed by atoms with Crippen molar-refractivity contribution in [3.63, 3.8) is 0 Å². The highest BCUT2D eigenvalue weighted by Gasteiger charge is 2.04. The van der Waals surface area contributed by atoms with Gasteiger partial charge in [0.1, 0.15) is 0 Å². The molecule has 0 unspecified atom stereocenters. The molecular formula is C16H20N2O. The molecule has 0 atom stereocenters. The normalized spacial score (nSPS) is 9.21. The molecule has 0 aliphatic rings. The summed E-state index contributed by atoms with van der Waals surface area (Å²) in [5.74, 6) is -0.0578. The third kappa shape index (κ3) is 4.92. The number of pyridine rings is 1. The van der Waals surface area contributed by atoms with Crippen LogP contribution in [-0.4, -0.2) is 10.9 Å². The standard InChI is InChI=1S/C14H14N2O.C2H6/c1-11-4-2-6-13(8-11)14(17)16-10-12-5-3-7-15-9-12;1-2/h2-9H,10H2,1H3,(H,16,17);1-2H3. The Kier molecular flexibility index (Phi) is 6.30. The largest absolute Gasteiger partial charge is 0.348 e. The van der Waals surface area contributed by atoms with Gasteiger partial charge >= 0.3 is 0 Å². The van der Waals surface area contributed by atoms with Gasteiger partial charge in [0.05, 0.1) is 0 Å². The van der Waals surface area contributed by atoms with Gasteiger partial charge in [-0.2, -0.15) is 0 Å². The molecular weight excluding hydrogens is 236 g/mol. The van der Waals surface area contributed by atoms with Gasteiger partial charge in [-0.1, -0.05) is 37.6 Å². The van der Waals surface area contributed by atoms with Crippen molar-refractivity contribution >= 4 is 5.91 Å². The van der Waals surface area contributed by atoms with Crippen LogP contribution in [0, 0.1) is 6.92 Å². The number of hydrogen-bond acceptors (Lipinski definition) is 2. The first kappa shape index (κ1) is 14.9. The predicted molar refractivity (Wildman–Crippen MR) is 77.9 cm³/mol. The molecule has 1 amide bonds. The van der Waals surface area contributed by atoms with Crippen LogP contribution >= 0.6 is 0 Å². The monoisotopic (exact) mass is 256 g/mol. The molecule has 1 aromatic heterocycles. The van der Waals surface area contributed by atoms with Crippen molar-refractivity contribution in [2.45, 2.75) is 27.3 Å². The minimum absolute atomic E-state index is 0.0578. The van der Waals surface area contributed by atoms with E-state index in [0.717, 1.165) is 11.1 Å². The SMILES string of the molecule is CC.Cc1cccc(C(=O)NCc2cccnc2)c1. The molecule has 1 heterocycles. The van der Waals surface area contributed by atoms with E-state index in [1.165, 1.54) is 0 Å². The molecule has 1 aromatic carbocycles. The molecule has 100 valence electrons. The third-order valence-electron chi connectivity index (χ3n) is 2.46. The summed E-state index contributed by atoms with van der Waals surface area (Å²) in [5, 5.41) is 2.86. The van der Waals surface area contributed by atoms with Gasteiger partial charge in [-0.3, -0.25) is 9.78 Å². The molecule has 0 radical (unpaired) electrons. The summed E-state index contributed by atoms with van der Waals surface area (Å²) in [7, 11) is 0. The lowest BCUT2D eigenvalue weighted by atomic mass is 10.1. The summed E-state index contributed by atoms with van der Waals surface area (Å²) in [4.78, 5) is 15.8. The minimum Gasteiger partial charge on any atom is -0.348 e. The van der Waals surface area contributed by atoms with E-state index in [1.807, 2.05) is 57.2 Å². The van der Waals surface area contributed by atoms with Gasteiger partial charge in [-0.15, -0.1) is 0 Å². The van der Waals surface area contributed by atoms with E-state index in [4.69, 9.17) is 0 Å². The highest BCUT2D eigenvalue weighted by atomic mass is 16.1. The Labute approximate surface area is 114 Å². The van der Waals surface area contributed by atoms with Gasteiger partial charge in [0.2, 0.25) is 0 Å². The van der Waals surface area contributed by atoms with Crippen LogP contribution in [0.5, 0.6) is 0 Å².